The Morgan fingerprint density at radius 2 is 1.82 bits per heavy atom. The van der Waals surface area contributed by atoms with Crippen LogP contribution in [-0.4, -0.2) is 32.1 Å². The number of nitrogens with two attached hydrogens (primary N) is 1. The number of nitrogens with one attached hydrogen (secondary N) is 2. The highest BCUT2D eigenvalue weighted by Gasteiger charge is 2.03. The van der Waals surface area contributed by atoms with Crippen molar-refractivity contribution in [2.45, 2.75) is 19.9 Å². The molecule has 0 aliphatic heterocycles. The molecule has 0 bridgehead atoms. The Labute approximate surface area is 181 Å². The third kappa shape index (κ3) is 8.12. The number of hydrogen-bond acceptors (Lipinski definition) is 3. The van der Waals surface area contributed by atoms with Gasteiger partial charge in [0.2, 0.25) is 0 Å². The van der Waals surface area contributed by atoms with Crippen LogP contribution < -0.4 is 21.1 Å². The van der Waals surface area contributed by atoms with Crippen LogP contribution in [0.5, 0.6) is 5.75 Å². The van der Waals surface area contributed by atoms with Crippen LogP contribution in [0.3, 0.4) is 0 Å². The highest BCUT2D eigenvalue weighted by molar-refractivity contribution is 14.0. The number of hydrogen-bond donors (Lipinski definition) is 3. The third-order valence-corrected chi connectivity index (χ3v) is 3.93. The van der Waals surface area contributed by atoms with Crippen molar-refractivity contribution in [3.63, 3.8) is 0 Å². The Hall–Kier alpha value is -2.36. The van der Waals surface area contributed by atoms with E-state index in [0.29, 0.717) is 30.4 Å². The predicted molar refractivity (Wildman–Crippen MR) is 120 cm³/mol. The number of benzene rings is 2. The summed E-state index contributed by atoms with van der Waals surface area (Å²) in [4.78, 5) is 14.9. The molecule has 0 saturated heterocycles. The van der Waals surface area contributed by atoms with Crippen LogP contribution in [-0.2, 0) is 17.8 Å². The molecule has 2 aromatic rings. The smallest absolute Gasteiger partial charge is 0.255 e. The number of carbonyl (C=O) groups excluding carboxylic acids is 1. The molecule has 0 radical (unpaired) electrons. The summed E-state index contributed by atoms with van der Waals surface area (Å²) < 4.78 is 18.8. The third-order valence-electron chi connectivity index (χ3n) is 3.93. The van der Waals surface area contributed by atoms with Crippen molar-refractivity contribution in [2.24, 2.45) is 10.7 Å². The highest BCUT2D eigenvalue weighted by Crippen LogP contribution is 2.12. The number of carbonyl (C=O) groups is 1. The Morgan fingerprint density at radius 3 is 2.43 bits per heavy atom. The first-order valence-electron chi connectivity index (χ1n) is 8.67. The minimum absolute atomic E-state index is 0. The molecule has 0 unspecified atom stereocenters. The SMILES string of the molecule is CN=C(NCCc1ccc(OCC(N)=O)cc1)NCc1ccc(C)c(F)c1.I. The van der Waals surface area contributed by atoms with Crippen LogP contribution in [0.25, 0.3) is 0 Å². The number of halogens is 2. The van der Waals surface area contributed by atoms with Gasteiger partial charge >= 0.3 is 0 Å². The molecule has 6 nitrogen and oxygen atoms in total. The number of nitrogens with zero attached hydrogens (tertiary/aromatic N) is 1. The van der Waals surface area contributed by atoms with Gasteiger partial charge in [-0.05, 0) is 48.2 Å². The maximum atomic E-state index is 13.6. The van der Waals surface area contributed by atoms with Crippen LogP contribution in [0.1, 0.15) is 16.7 Å². The number of primary amides is 1. The van der Waals surface area contributed by atoms with Gasteiger partial charge < -0.3 is 21.1 Å². The molecule has 2 rings (SSSR count). The molecule has 152 valence electrons. The van der Waals surface area contributed by atoms with E-state index >= 15 is 0 Å². The topological polar surface area (TPSA) is 88.7 Å². The minimum Gasteiger partial charge on any atom is -0.484 e. The molecule has 0 atom stereocenters. The molecule has 0 aromatic heterocycles. The molecule has 0 saturated carbocycles. The fourth-order valence-corrected chi connectivity index (χ4v) is 2.38. The largest absolute Gasteiger partial charge is 0.484 e. The molecule has 0 aliphatic rings. The highest BCUT2D eigenvalue weighted by atomic mass is 127. The Morgan fingerprint density at radius 1 is 1.14 bits per heavy atom. The van der Waals surface area contributed by atoms with E-state index in [1.165, 1.54) is 6.07 Å². The number of rotatable bonds is 8. The van der Waals surface area contributed by atoms with E-state index < -0.39 is 5.91 Å². The second-order valence-electron chi connectivity index (χ2n) is 6.09. The van der Waals surface area contributed by atoms with Crippen LogP contribution in [0.2, 0.25) is 0 Å². The molecule has 0 aliphatic carbocycles. The maximum Gasteiger partial charge on any atom is 0.255 e. The average molecular weight is 500 g/mol. The maximum absolute atomic E-state index is 13.6. The summed E-state index contributed by atoms with van der Waals surface area (Å²) in [5.74, 6) is 0.543. The van der Waals surface area contributed by atoms with Crippen LogP contribution in [0.4, 0.5) is 4.39 Å². The van der Waals surface area contributed by atoms with Crippen molar-refractivity contribution in [3.8, 4) is 5.75 Å². The first-order valence-corrected chi connectivity index (χ1v) is 8.67. The van der Waals surface area contributed by atoms with Crippen LogP contribution >= 0.6 is 24.0 Å². The van der Waals surface area contributed by atoms with Crippen molar-refractivity contribution >= 4 is 35.8 Å². The van der Waals surface area contributed by atoms with Gasteiger partial charge in [0.1, 0.15) is 11.6 Å². The Kier molecular flexibility index (Phi) is 10.3. The lowest BCUT2D eigenvalue weighted by molar-refractivity contribution is -0.119. The first kappa shape index (κ1) is 23.7. The normalized spacial score (nSPS) is 10.8. The van der Waals surface area contributed by atoms with Crippen LogP contribution in [0, 0.1) is 12.7 Å². The van der Waals surface area contributed by atoms with Gasteiger partial charge in [0.15, 0.2) is 12.6 Å². The Balaban J connectivity index is 0.00000392. The van der Waals surface area contributed by atoms with Gasteiger partial charge in [-0.2, -0.15) is 0 Å². The summed E-state index contributed by atoms with van der Waals surface area (Å²) in [5, 5.41) is 6.39. The van der Waals surface area contributed by atoms with E-state index in [-0.39, 0.29) is 36.4 Å². The Bertz CT molecular complexity index is 797. The molecular weight excluding hydrogens is 474 g/mol. The number of guanidine groups is 1. The van der Waals surface area contributed by atoms with Crippen molar-refractivity contribution in [1.82, 2.24) is 10.6 Å². The molecule has 2 aromatic carbocycles. The van der Waals surface area contributed by atoms with E-state index in [4.69, 9.17) is 10.5 Å². The average Bonchev–Trinajstić information content (AvgIpc) is 2.66. The fraction of sp³-hybridized carbons (Fsp3) is 0.300. The van der Waals surface area contributed by atoms with Gasteiger partial charge in [0.25, 0.3) is 5.91 Å². The summed E-state index contributed by atoms with van der Waals surface area (Å²) in [6.45, 7) is 2.78. The van der Waals surface area contributed by atoms with E-state index in [1.54, 1.807) is 32.2 Å². The van der Waals surface area contributed by atoms with Crippen molar-refractivity contribution in [1.29, 1.82) is 0 Å². The molecule has 28 heavy (non-hydrogen) atoms. The zero-order valence-electron chi connectivity index (χ0n) is 16.0. The number of aryl methyl sites for hydroxylation is 1. The first-order chi connectivity index (χ1) is 13.0. The molecule has 0 fully saturated rings. The van der Waals surface area contributed by atoms with Gasteiger partial charge in [-0.3, -0.25) is 9.79 Å². The zero-order valence-corrected chi connectivity index (χ0v) is 18.3. The standard InChI is InChI=1S/C20H25FN4O2.HI/c1-14-3-4-16(11-18(14)21)12-25-20(23-2)24-10-9-15-5-7-17(8-6-15)27-13-19(22)26;/h3-8,11H,9-10,12-13H2,1-2H3,(H2,22,26)(H2,23,24,25);1H. The van der Waals surface area contributed by atoms with Gasteiger partial charge in [0, 0.05) is 20.1 Å². The molecule has 4 N–H and O–H groups in total. The van der Waals surface area contributed by atoms with Gasteiger partial charge in [-0.25, -0.2) is 4.39 Å². The second-order valence-corrected chi connectivity index (χ2v) is 6.09. The van der Waals surface area contributed by atoms with E-state index in [0.717, 1.165) is 17.5 Å². The molecule has 8 heteroatoms. The second kappa shape index (κ2) is 12.2. The molecule has 1 amide bonds. The van der Waals surface area contributed by atoms with Gasteiger partial charge in [0.05, 0.1) is 0 Å². The lowest BCUT2D eigenvalue weighted by atomic mass is 10.1. The summed E-state index contributed by atoms with van der Waals surface area (Å²) >= 11 is 0. The molecular formula is C20H26FIN4O2. The van der Waals surface area contributed by atoms with Gasteiger partial charge in [-0.1, -0.05) is 24.3 Å². The van der Waals surface area contributed by atoms with Crippen molar-refractivity contribution < 1.29 is 13.9 Å². The quantitative estimate of drug-likeness (QED) is 0.296. The number of amides is 1. The summed E-state index contributed by atoms with van der Waals surface area (Å²) in [6.07, 6.45) is 0.788. The lowest BCUT2D eigenvalue weighted by Crippen LogP contribution is -2.37. The van der Waals surface area contributed by atoms with Crippen molar-refractivity contribution in [3.05, 3.63) is 65.0 Å². The lowest BCUT2D eigenvalue weighted by Gasteiger charge is -2.12. The monoisotopic (exact) mass is 500 g/mol. The molecule has 0 spiro atoms. The predicted octanol–water partition coefficient (Wildman–Crippen LogP) is 2.52. The zero-order chi connectivity index (χ0) is 19.6. The fourth-order valence-electron chi connectivity index (χ4n) is 2.38. The summed E-state index contributed by atoms with van der Waals surface area (Å²) in [5.41, 5.74) is 7.65. The van der Waals surface area contributed by atoms with Gasteiger partial charge in [-0.15, -0.1) is 24.0 Å². The van der Waals surface area contributed by atoms with Crippen molar-refractivity contribution in [2.75, 3.05) is 20.2 Å². The van der Waals surface area contributed by atoms with E-state index in [2.05, 4.69) is 15.6 Å². The van der Waals surface area contributed by atoms with Crippen LogP contribution in [0.15, 0.2) is 47.5 Å². The number of aliphatic imine (C=N–C) groups is 1. The summed E-state index contributed by atoms with van der Waals surface area (Å²) in [7, 11) is 1.69. The van der Waals surface area contributed by atoms with E-state index in [9.17, 15) is 9.18 Å². The molecule has 0 heterocycles. The van der Waals surface area contributed by atoms with E-state index in [1.807, 2.05) is 18.2 Å². The number of ether oxygens (including phenoxy) is 1. The summed E-state index contributed by atoms with van der Waals surface area (Å²) in [6, 6.07) is 12.7. The minimum atomic E-state index is -0.504.